The van der Waals surface area contributed by atoms with Crippen molar-refractivity contribution in [1.82, 2.24) is 4.57 Å². The summed E-state index contributed by atoms with van der Waals surface area (Å²) in [6.45, 7) is 5.33. The van der Waals surface area contributed by atoms with Crippen molar-refractivity contribution in [3.05, 3.63) is 27.1 Å². The molecule has 0 bridgehead atoms. The molecule has 0 fully saturated rings. The van der Waals surface area contributed by atoms with Crippen LogP contribution in [0.1, 0.15) is 20.8 Å². The molecule has 18 heavy (non-hydrogen) atoms. The van der Waals surface area contributed by atoms with Gasteiger partial charge in [0.05, 0.1) is 0 Å². The molecule has 0 unspecified atom stereocenters. The van der Waals surface area contributed by atoms with Crippen molar-refractivity contribution in [2.24, 2.45) is 7.05 Å². The first-order chi connectivity index (χ1) is 8.11. The average Bonchev–Trinajstić information content (AvgIpc) is 2.19. The highest BCUT2D eigenvalue weighted by Gasteiger charge is 2.22. The van der Waals surface area contributed by atoms with Gasteiger partial charge in [-0.15, -0.1) is 0 Å². The Morgan fingerprint density at radius 1 is 1.44 bits per heavy atom. The quantitative estimate of drug-likeness (QED) is 0.800. The lowest BCUT2D eigenvalue weighted by atomic mass is 10.2. The van der Waals surface area contributed by atoms with Crippen LogP contribution in [-0.4, -0.2) is 23.3 Å². The van der Waals surface area contributed by atoms with E-state index in [-0.39, 0.29) is 11.2 Å². The third-order valence-corrected chi connectivity index (χ3v) is 2.59. The number of halogens is 1. The Morgan fingerprint density at radius 3 is 2.50 bits per heavy atom. The Hall–Kier alpha value is -1.30. The van der Waals surface area contributed by atoms with E-state index in [4.69, 9.17) is 4.74 Å². The molecule has 100 valence electrons. The molecule has 0 aliphatic rings. The van der Waals surface area contributed by atoms with E-state index in [1.807, 2.05) is 0 Å². The topological polar surface area (TPSA) is 51.5 Å². The van der Waals surface area contributed by atoms with Gasteiger partial charge in [0.2, 0.25) is 0 Å². The number of nitrogens with zero attached hydrogens (tertiary/aromatic N) is 2. The first-order valence-electron chi connectivity index (χ1n) is 5.44. The van der Waals surface area contributed by atoms with E-state index < -0.39 is 11.7 Å². The van der Waals surface area contributed by atoms with Crippen molar-refractivity contribution >= 4 is 27.7 Å². The number of carbonyl (C=O) groups is 1. The van der Waals surface area contributed by atoms with E-state index in [1.165, 1.54) is 16.5 Å². The van der Waals surface area contributed by atoms with E-state index >= 15 is 0 Å². The zero-order chi connectivity index (χ0) is 14.1. The van der Waals surface area contributed by atoms with Crippen molar-refractivity contribution in [2.75, 3.05) is 11.9 Å². The van der Waals surface area contributed by atoms with Crippen LogP contribution in [-0.2, 0) is 11.8 Å². The van der Waals surface area contributed by atoms with E-state index in [9.17, 15) is 9.59 Å². The van der Waals surface area contributed by atoms with Crippen LogP contribution in [0, 0.1) is 0 Å². The predicted molar refractivity (Wildman–Crippen MR) is 74.0 cm³/mol. The maximum Gasteiger partial charge on any atom is 0.414 e. The van der Waals surface area contributed by atoms with Crippen LogP contribution in [0.25, 0.3) is 0 Å². The highest BCUT2D eigenvalue weighted by Crippen LogP contribution is 2.17. The number of hydrogen-bond acceptors (Lipinski definition) is 3. The zero-order valence-corrected chi connectivity index (χ0v) is 12.7. The highest BCUT2D eigenvalue weighted by molar-refractivity contribution is 9.10. The van der Waals surface area contributed by atoms with Crippen molar-refractivity contribution in [1.29, 1.82) is 0 Å². The third kappa shape index (κ3) is 3.60. The molecule has 0 spiro atoms. The minimum atomic E-state index is -0.595. The second-order valence-corrected chi connectivity index (χ2v) is 5.91. The minimum absolute atomic E-state index is 0.258. The van der Waals surface area contributed by atoms with E-state index in [0.29, 0.717) is 0 Å². The summed E-state index contributed by atoms with van der Waals surface area (Å²) in [6.07, 6.45) is 1.08. The Kier molecular flexibility index (Phi) is 4.21. The van der Waals surface area contributed by atoms with Gasteiger partial charge >= 0.3 is 6.09 Å². The van der Waals surface area contributed by atoms with Crippen molar-refractivity contribution < 1.29 is 9.53 Å². The number of aromatic nitrogens is 1. The second-order valence-electron chi connectivity index (χ2n) is 5.00. The van der Waals surface area contributed by atoms with Crippen LogP contribution in [0.2, 0.25) is 0 Å². The lowest BCUT2D eigenvalue weighted by Crippen LogP contribution is -2.37. The molecule has 0 aromatic carbocycles. The number of carbonyl (C=O) groups excluding carboxylic acids is 1. The van der Waals surface area contributed by atoms with Crippen LogP contribution in [0.4, 0.5) is 10.5 Å². The molecule has 0 radical (unpaired) electrons. The van der Waals surface area contributed by atoms with Gasteiger partial charge in [-0.3, -0.25) is 9.69 Å². The van der Waals surface area contributed by atoms with Crippen LogP contribution >= 0.6 is 15.9 Å². The summed E-state index contributed by atoms with van der Waals surface area (Å²) >= 11 is 3.29. The molecule has 0 aliphatic heterocycles. The van der Waals surface area contributed by atoms with Gasteiger partial charge in [0.25, 0.3) is 5.56 Å². The predicted octanol–water partition coefficient (Wildman–Crippen LogP) is 2.52. The average molecular weight is 317 g/mol. The summed E-state index contributed by atoms with van der Waals surface area (Å²) in [7, 11) is 3.14. The Morgan fingerprint density at radius 2 is 2.00 bits per heavy atom. The van der Waals surface area contributed by atoms with Gasteiger partial charge in [0, 0.05) is 24.8 Å². The number of anilines is 1. The van der Waals surface area contributed by atoms with Gasteiger partial charge in [0.15, 0.2) is 0 Å². The second kappa shape index (κ2) is 5.14. The molecule has 6 heteroatoms. The molecular weight excluding hydrogens is 300 g/mol. The van der Waals surface area contributed by atoms with E-state index in [2.05, 4.69) is 15.9 Å². The summed E-state index contributed by atoms with van der Waals surface area (Å²) in [5.74, 6) is 0. The van der Waals surface area contributed by atoms with Gasteiger partial charge in [-0.2, -0.15) is 0 Å². The first-order valence-corrected chi connectivity index (χ1v) is 6.24. The lowest BCUT2D eigenvalue weighted by molar-refractivity contribution is 0.0589. The van der Waals surface area contributed by atoms with Gasteiger partial charge in [-0.1, -0.05) is 0 Å². The molecule has 1 rings (SSSR count). The number of pyridine rings is 1. The number of hydrogen-bond donors (Lipinski definition) is 0. The molecule has 1 heterocycles. The fourth-order valence-electron chi connectivity index (χ4n) is 1.32. The van der Waals surface area contributed by atoms with Gasteiger partial charge in [-0.05, 0) is 42.8 Å². The minimum Gasteiger partial charge on any atom is -0.443 e. The van der Waals surface area contributed by atoms with Gasteiger partial charge < -0.3 is 9.30 Å². The van der Waals surface area contributed by atoms with Crippen LogP contribution < -0.4 is 10.5 Å². The molecule has 0 atom stereocenters. The summed E-state index contributed by atoms with van der Waals surface area (Å²) in [6, 6.07) is 1.59. The Labute approximate surface area is 114 Å². The van der Waals surface area contributed by atoms with Gasteiger partial charge in [0.1, 0.15) is 11.3 Å². The summed E-state index contributed by atoms with van der Waals surface area (Å²) < 4.78 is 7.33. The lowest BCUT2D eigenvalue weighted by Gasteiger charge is -2.24. The van der Waals surface area contributed by atoms with Crippen molar-refractivity contribution in [3.8, 4) is 0 Å². The maximum atomic E-state index is 11.9. The molecule has 0 saturated heterocycles. The fourth-order valence-corrected chi connectivity index (χ4v) is 1.85. The molecule has 1 aromatic rings. The number of aryl methyl sites for hydroxylation is 1. The Bertz CT molecular complexity index is 517. The molecule has 5 nitrogen and oxygen atoms in total. The monoisotopic (exact) mass is 316 g/mol. The van der Waals surface area contributed by atoms with Crippen LogP contribution in [0.15, 0.2) is 21.5 Å². The SMILES string of the molecule is CN(C(=O)OC(C)(C)C)c1cc(Br)cn(C)c1=O. The van der Waals surface area contributed by atoms with Crippen molar-refractivity contribution in [3.63, 3.8) is 0 Å². The first kappa shape index (κ1) is 14.8. The smallest absolute Gasteiger partial charge is 0.414 e. The molecule has 0 saturated carbocycles. The summed E-state index contributed by atoms with van der Waals surface area (Å²) in [5, 5.41) is 0. The molecule has 1 amide bonds. The largest absolute Gasteiger partial charge is 0.443 e. The van der Waals surface area contributed by atoms with E-state index in [1.54, 1.807) is 40.1 Å². The third-order valence-electron chi connectivity index (χ3n) is 2.16. The van der Waals surface area contributed by atoms with Gasteiger partial charge in [-0.25, -0.2) is 4.79 Å². The van der Waals surface area contributed by atoms with Crippen LogP contribution in [0.5, 0.6) is 0 Å². The number of ether oxygens (including phenoxy) is 1. The van der Waals surface area contributed by atoms with Crippen LogP contribution in [0.3, 0.4) is 0 Å². The zero-order valence-electron chi connectivity index (χ0n) is 11.2. The normalized spacial score (nSPS) is 11.2. The number of amides is 1. The summed E-state index contributed by atoms with van der Waals surface area (Å²) in [4.78, 5) is 25.0. The Balaban J connectivity index is 3.08. The molecule has 0 N–H and O–H groups in total. The molecule has 1 aromatic heterocycles. The summed E-state index contributed by atoms with van der Waals surface area (Å²) in [5.41, 5.74) is -0.588. The number of rotatable bonds is 1. The molecule has 0 aliphatic carbocycles. The molecular formula is C12H17BrN2O3. The van der Waals surface area contributed by atoms with E-state index in [0.717, 1.165) is 4.47 Å². The standard InChI is InChI=1S/C12H17BrN2O3/c1-12(2,3)18-11(17)15(5)9-6-8(13)7-14(4)10(9)16/h6-7H,1-5H3. The maximum absolute atomic E-state index is 11.9. The fraction of sp³-hybridized carbons (Fsp3) is 0.500. The van der Waals surface area contributed by atoms with Crippen molar-refractivity contribution in [2.45, 2.75) is 26.4 Å². The highest BCUT2D eigenvalue weighted by atomic mass is 79.9.